The van der Waals surface area contributed by atoms with Gasteiger partial charge in [0.05, 0.1) is 19.6 Å². The first kappa shape index (κ1) is 16.8. The third-order valence-electron chi connectivity index (χ3n) is 3.95. The number of aromatic nitrogens is 2. The maximum absolute atomic E-state index is 11.7. The van der Waals surface area contributed by atoms with Crippen molar-refractivity contribution >= 4 is 5.97 Å². The molecule has 0 aliphatic heterocycles. The first-order chi connectivity index (χ1) is 12.3. The van der Waals surface area contributed by atoms with Gasteiger partial charge in [-0.05, 0) is 29.3 Å². The Labute approximate surface area is 146 Å². The Morgan fingerprint density at radius 2 is 1.84 bits per heavy atom. The highest BCUT2D eigenvalue weighted by Gasteiger charge is 2.18. The molecule has 3 aromatic rings. The smallest absolute Gasteiger partial charge is 0.308 e. The normalized spacial score (nSPS) is 11.7. The van der Waals surface area contributed by atoms with Gasteiger partial charge in [-0.3, -0.25) is 9.48 Å². The number of ether oxygens (including phenoxy) is 2. The minimum Gasteiger partial charge on any atom is -0.489 e. The molecule has 1 heterocycles. The topological polar surface area (TPSA) is 53.4 Å². The van der Waals surface area contributed by atoms with Gasteiger partial charge in [0.15, 0.2) is 0 Å². The summed E-state index contributed by atoms with van der Waals surface area (Å²) in [5, 5.41) is 4.26. The van der Waals surface area contributed by atoms with Crippen molar-refractivity contribution in [3.8, 4) is 5.75 Å². The van der Waals surface area contributed by atoms with Crippen LogP contribution in [0, 0.1) is 0 Å². The molecule has 0 spiro atoms. The standard InChI is InChI=1S/C20H20N2O3/c1-24-20(23)14-19(22-13-5-12-21-22)17-8-10-18(11-9-17)25-15-16-6-3-2-4-7-16/h2-13,19H,14-15H2,1H3. The van der Waals surface area contributed by atoms with Crippen molar-refractivity contribution in [3.63, 3.8) is 0 Å². The van der Waals surface area contributed by atoms with Crippen LogP contribution in [0.25, 0.3) is 0 Å². The predicted molar refractivity (Wildman–Crippen MR) is 94.2 cm³/mol. The molecule has 3 rings (SSSR count). The zero-order valence-corrected chi connectivity index (χ0v) is 14.0. The molecule has 0 bridgehead atoms. The molecular formula is C20H20N2O3. The highest BCUT2D eigenvalue weighted by Crippen LogP contribution is 2.24. The molecule has 0 saturated heterocycles. The van der Waals surface area contributed by atoms with E-state index < -0.39 is 0 Å². The Balaban J connectivity index is 1.71. The fourth-order valence-corrected chi connectivity index (χ4v) is 2.60. The van der Waals surface area contributed by atoms with Crippen LogP contribution in [0.2, 0.25) is 0 Å². The summed E-state index contributed by atoms with van der Waals surface area (Å²) in [7, 11) is 1.39. The second-order valence-electron chi connectivity index (χ2n) is 5.63. The number of carbonyl (C=O) groups is 1. The van der Waals surface area contributed by atoms with Crippen LogP contribution in [0.1, 0.15) is 23.6 Å². The van der Waals surface area contributed by atoms with Crippen molar-refractivity contribution in [2.24, 2.45) is 0 Å². The fourth-order valence-electron chi connectivity index (χ4n) is 2.60. The summed E-state index contributed by atoms with van der Waals surface area (Å²) in [6.45, 7) is 0.519. The Morgan fingerprint density at radius 1 is 1.08 bits per heavy atom. The Hall–Kier alpha value is -3.08. The molecule has 0 radical (unpaired) electrons. The van der Waals surface area contributed by atoms with Crippen LogP contribution in [0.15, 0.2) is 73.1 Å². The van der Waals surface area contributed by atoms with Crippen molar-refractivity contribution in [1.29, 1.82) is 0 Å². The van der Waals surface area contributed by atoms with E-state index in [4.69, 9.17) is 9.47 Å². The van der Waals surface area contributed by atoms with Crippen LogP contribution >= 0.6 is 0 Å². The molecule has 2 aromatic carbocycles. The number of carbonyl (C=O) groups excluding carboxylic acids is 1. The maximum atomic E-state index is 11.7. The number of hydrogen-bond donors (Lipinski definition) is 0. The molecule has 1 atom stereocenters. The summed E-state index contributed by atoms with van der Waals surface area (Å²) in [6, 6.07) is 19.4. The van der Waals surface area contributed by atoms with E-state index in [0.29, 0.717) is 6.61 Å². The van der Waals surface area contributed by atoms with E-state index in [1.165, 1.54) is 7.11 Å². The molecule has 5 heteroatoms. The predicted octanol–water partition coefficient (Wildman–Crippen LogP) is 3.61. The summed E-state index contributed by atoms with van der Waals surface area (Å²) in [6.07, 6.45) is 3.76. The molecule has 0 fully saturated rings. The van der Waals surface area contributed by atoms with Crippen molar-refractivity contribution in [2.75, 3.05) is 7.11 Å². The molecule has 0 amide bonds. The molecule has 0 saturated carbocycles. The quantitative estimate of drug-likeness (QED) is 0.619. The summed E-state index contributed by atoms with van der Waals surface area (Å²) in [5.41, 5.74) is 2.09. The molecule has 1 aromatic heterocycles. The zero-order valence-electron chi connectivity index (χ0n) is 14.0. The van der Waals surface area contributed by atoms with Crippen molar-refractivity contribution in [2.45, 2.75) is 19.1 Å². The summed E-state index contributed by atoms with van der Waals surface area (Å²) in [5.74, 6) is 0.509. The number of methoxy groups -OCH3 is 1. The highest BCUT2D eigenvalue weighted by atomic mass is 16.5. The lowest BCUT2D eigenvalue weighted by Gasteiger charge is -2.17. The van der Waals surface area contributed by atoms with Gasteiger partial charge >= 0.3 is 5.97 Å². The SMILES string of the molecule is COC(=O)CC(c1ccc(OCc2ccccc2)cc1)n1cccn1. The molecule has 0 N–H and O–H groups in total. The van der Waals surface area contributed by atoms with E-state index in [-0.39, 0.29) is 18.4 Å². The van der Waals surface area contributed by atoms with Crippen LogP contribution in [-0.4, -0.2) is 22.9 Å². The van der Waals surface area contributed by atoms with Crippen LogP contribution in [0.4, 0.5) is 0 Å². The Bertz CT molecular complexity index is 784. The fraction of sp³-hybridized carbons (Fsp3) is 0.200. The molecule has 5 nitrogen and oxygen atoms in total. The molecule has 1 unspecified atom stereocenters. The van der Waals surface area contributed by atoms with Gasteiger partial charge in [0.1, 0.15) is 12.4 Å². The molecule has 128 valence electrons. The first-order valence-corrected chi connectivity index (χ1v) is 8.09. The zero-order chi connectivity index (χ0) is 17.5. The molecule has 0 aliphatic carbocycles. The van der Waals surface area contributed by atoms with E-state index in [1.54, 1.807) is 10.9 Å². The van der Waals surface area contributed by atoms with Gasteiger partial charge in [0.2, 0.25) is 0 Å². The van der Waals surface area contributed by atoms with Gasteiger partial charge in [-0.25, -0.2) is 0 Å². The first-order valence-electron chi connectivity index (χ1n) is 8.09. The Morgan fingerprint density at radius 3 is 2.48 bits per heavy atom. The molecule has 0 aliphatic rings. The summed E-state index contributed by atoms with van der Waals surface area (Å²) < 4.78 is 12.4. The van der Waals surface area contributed by atoms with E-state index in [1.807, 2.05) is 66.9 Å². The monoisotopic (exact) mass is 336 g/mol. The average Bonchev–Trinajstić information content (AvgIpc) is 3.20. The van der Waals surface area contributed by atoms with Crippen molar-refractivity contribution in [1.82, 2.24) is 9.78 Å². The lowest BCUT2D eigenvalue weighted by atomic mass is 10.0. The van der Waals surface area contributed by atoms with Crippen LogP contribution in [-0.2, 0) is 16.1 Å². The maximum Gasteiger partial charge on any atom is 0.308 e. The average molecular weight is 336 g/mol. The van der Waals surface area contributed by atoms with E-state index in [2.05, 4.69) is 5.10 Å². The van der Waals surface area contributed by atoms with Crippen molar-refractivity contribution < 1.29 is 14.3 Å². The Kier molecular flexibility index (Phi) is 5.46. The number of rotatable bonds is 7. The van der Waals surface area contributed by atoms with Crippen LogP contribution < -0.4 is 4.74 Å². The van der Waals surface area contributed by atoms with Gasteiger partial charge < -0.3 is 9.47 Å². The largest absolute Gasteiger partial charge is 0.489 e. The van der Waals surface area contributed by atoms with E-state index in [9.17, 15) is 4.79 Å². The van der Waals surface area contributed by atoms with Gasteiger partial charge in [-0.15, -0.1) is 0 Å². The third-order valence-corrected chi connectivity index (χ3v) is 3.95. The van der Waals surface area contributed by atoms with E-state index >= 15 is 0 Å². The lowest BCUT2D eigenvalue weighted by Crippen LogP contribution is -2.16. The summed E-state index contributed by atoms with van der Waals surface area (Å²) >= 11 is 0. The lowest BCUT2D eigenvalue weighted by molar-refractivity contribution is -0.141. The van der Waals surface area contributed by atoms with Gasteiger partial charge in [-0.1, -0.05) is 42.5 Å². The number of benzene rings is 2. The molecule has 25 heavy (non-hydrogen) atoms. The second kappa shape index (κ2) is 8.15. The van der Waals surface area contributed by atoms with Gasteiger partial charge in [0, 0.05) is 12.4 Å². The van der Waals surface area contributed by atoms with Crippen molar-refractivity contribution in [3.05, 3.63) is 84.2 Å². The minimum atomic E-state index is -0.273. The molecular weight excluding hydrogens is 316 g/mol. The van der Waals surface area contributed by atoms with Gasteiger partial charge in [0.25, 0.3) is 0 Å². The van der Waals surface area contributed by atoms with Crippen LogP contribution in [0.3, 0.4) is 0 Å². The second-order valence-corrected chi connectivity index (χ2v) is 5.63. The minimum absolute atomic E-state index is 0.203. The third kappa shape index (κ3) is 4.47. The van der Waals surface area contributed by atoms with Crippen LogP contribution in [0.5, 0.6) is 5.75 Å². The van der Waals surface area contributed by atoms with Gasteiger partial charge in [-0.2, -0.15) is 5.10 Å². The number of nitrogens with zero attached hydrogens (tertiary/aromatic N) is 2. The summed E-state index contributed by atoms with van der Waals surface area (Å²) in [4.78, 5) is 11.7. The highest BCUT2D eigenvalue weighted by molar-refractivity contribution is 5.70. The number of hydrogen-bond acceptors (Lipinski definition) is 4. The number of esters is 1. The van der Waals surface area contributed by atoms with E-state index in [0.717, 1.165) is 16.9 Å².